The molecule has 0 aliphatic heterocycles. The van der Waals surface area contributed by atoms with E-state index in [1.165, 1.54) is 19.4 Å². The van der Waals surface area contributed by atoms with Gasteiger partial charge in [-0.2, -0.15) is 0 Å². The van der Waals surface area contributed by atoms with Gasteiger partial charge in [-0.05, 0) is 17.7 Å². The summed E-state index contributed by atoms with van der Waals surface area (Å²) in [5, 5.41) is 3.42. The van der Waals surface area contributed by atoms with Gasteiger partial charge < -0.3 is 15.0 Å². The maximum absolute atomic E-state index is 13.6. The molecule has 0 unspecified atom stereocenters. The number of halogens is 2. The van der Waals surface area contributed by atoms with Crippen LogP contribution in [-0.4, -0.2) is 12.3 Å². The van der Waals surface area contributed by atoms with Gasteiger partial charge in [0.25, 0.3) is 0 Å². The lowest BCUT2D eigenvalue weighted by Crippen LogP contribution is -1.96. The fourth-order valence-electron chi connectivity index (χ4n) is 1.54. The molecule has 1 aromatic carbocycles. The van der Waals surface area contributed by atoms with E-state index in [1.807, 2.05) is 0 Å². The van der Waals surface area contributed by atoms with Crippen molar-refractivity contribution in [2.24, 2.45) is 0 Å². The Hall–Kier alpha value is -1.95. The Kier molecular flexibility index (Phi) is 3.06. The minimum atomic E-state index is -0.986. The van der Waals surface area contributed by atoms with Crippen LogP contribution in [0.15, 0.2) is 22.9 Å². The highest BCUT2D eigenvalue weighted by molar-refractivity contribution is 5.72. The Bertz CT molecular complexity index is 540. The van der Waals surface area contributed by atoms with E-state index < -0.39 is 11.6 Å². The SMILES string of the molecule is COCc1cc(F)c(F)c(-c2cnoc2N)c1. The summed E-state index contributed by atoms with van der Waals surface area (Å²) in [6.45, 7) is 0.176. The molecule has 2 N–H and O–H groups in total. The van der Waals surface area contributed by atoms with Crippen molar-refractivity contribution in [3.8, 4) is 11.1 Å². The lowest BCUT2D eigenvalue weighted by Gasteiger charge is -2.06. The molecule has 17 heavy (non-hydrogen) atoms. The summed E-state index contributed by atoms with van der Waals surface area (Å²) < 4.78 is 36.5. The van der Waals surface area contributed by atoms with E-state index in [2.05, 4.69) is 9.68 Å². The molecular weight excluding hydrogens is 230 g/mol. The molecule has 1 aromatic heterocycles. The first-order valence-electron chi connectivity index (χ1n) is 4.81. The smallest absolute Gasteiger partial charge is 0.230 e. The van der Waals surface area contributed by atoms with Crippen molar-refractivity contribution in [3.63, 3.8) is 0 Å². The predicted octanol–water partition coefficient (Wildman–Crippen LogP) is 2.35. The third kappa shape index (κ3) is 2.12. The number of hydrogen-bond donors (Lipinski definition) is 1. The van der Waals surface area contributed by atoms with E-state index in [4.69, 9.17) is 10.5 Å². The Morgan fingerprint density at radius 3 is 2.71 bits per heavy atom. The Morgan fingerprint density at radius 1 is 1.35 bits per heavy atom. The third-order valence-electron chi connectivity index (χ3n) is 2.29. The zero-order chi connectivity index (χ0) is 12.4. The van der Waals surface area contributed by atoms with Crippen LogP contribution in [0.4, 0.5) is 14.7 Å². The minimum absolute atomic E-state index is 0.0100. The fraction of sp³-hybridized carbons (Fsp3) is 0.182. The summed E-state index contributed by atoms with van der Waals surface area (Å²) >= 11 is 0. The molecule has 0 aliphatic rings. The van der Waals surface area contributed by atoms with Crippen LogP contribution in [-0.2, 0) is 11.3 Å². The summed E-state index contributed by atoms with van der Waals surface area (Å²) in [4.78, 5) is 0. The van der Waals surface area contributed by atoms with Crippen molar-refractivity contribution in [1.82, 2.24) is 5.16 Å². The van der Waals surface area contributed by atoms with Crippen molar-refractivity contribution in [2.45, 2.75) is 6.61 Å². The van der Waals surface area contributed by atoms with Crippen LogP contribution in [0.3, 0.4) is 0 Å². The number of ether oxygens (including phenoxy) is 1. The van der Waals surface area contributed by atoms with E-state index in [-0.39, 0.29) is 23.6 Å². The fourth-order valence-corrected chi connectivity index (χ4v) is 1.54. The largest absolute Gasteiger partial charge is 0.380 e. The molecule has 4 nitrogen and oxygen atoms in total. The number of aromatic nitrogens is 1. The van der Waals surface area contributed by atoms with Crippen molar-refractivity contribution in [2.75, 3.05) is 12.8 Å². The van der Waals surface area contributed by atoms with Crippen LogP contribution in [0.5, 0.6) is 0 Å². The molecule has 0 aliphatic carbocycles. The molecule has 0 saturated carbocycles. The maximum atomic E-state index is 13.6. The lowest BCUT2D eigenvalue weighted by molar-refractivity contribution is 0.184. The molecular formula is C11H10F2N2O2. The van der Waals surface area contributed by atoms with Crippen LogP contribution in [0.1, 0.15) is 5.56 Å². The maximum Gasteiger partial charge on any atom is 0.230 e. The van der Waals surface area contributed by atoms with Gasteiger partial charge in [0, 0.05) is 12.7 Å². The topological polar surface area (TPSA) is 61.3 Å². The molecule has 1 heterocycles. The molecule has 0 amide bonds. The van der Waals surface area contributed by atoms with E-state index in [9.17, 15) is 8.78 Å². The van der Waals surface area contributed by atoms with Gasteiger partial charge in [-0.3, -0.25) is 0 Å². The quantitative estimate of drug-likeness (QED) is 0.894. The van der Waals surface area contributed by atoms with Crippen molar-refractivity contribution < 1.29 is 18.0 Å². The van der Waals surface area contributed by atoms with Crippen molar-refractivity contribution >= 4 is 5.88 Å². The number of nitrogen functional groups attached to an aromatic ring is 1. The average molecular weight is 240 g/mol. The summed E-state index contributed by atoms with van der Waals surface area (Å²) in [7, 11) is 1.47. The first-order chi connectivity index (χ1) is 8.13. The Morgan fingerprint density at radius 2 is 2.12 bits per heavy atom. The molecule has 0 saturated heterocycles. The molecule has 90 valence electrons. The molecule has 0 atom stereocenters. The number of benzene rings is 1. The number of nitrogens with zero attached hydrogens (tertiary/aromatic N) is 1. The molecule has 0 radical (unpaired) electrons. The normalized spacial score (nSPS) is 10.8. The summed E-state index contributed by atoms with van der Waals surface area (Å²) in [5.74, 6) is -2.01. The van der Waals surface area contributed by atoms with Crippen molar-refractivity contribution in [3.05, 3.63) is 35.5 Å². The van der Waals surface area contributed by atoms with Crippen LogP contribution in [0.2, 0.25) is 0 Å². The third-order valence-corrected chi connectivity index (χ3v) is 2.29. The first kappa shape index (κ1) is 11.5. The second-order valence-corrected chi connectivity index (χ2v) is 3.48. The number of rotatable bonds is 3. The summed E-state index contributed by atoms with van der Waals surface area (Å²) in [6.07, 6.45) is 1.24. The van der Waals surface area contributed by atoms with Gasteiger partial charge in [-0.1, -0.05) is 5.16 Å². The lowest BCUT2D eigenvalue weighted by atomic mass is 10.0. The van der Waals surface area contributed by atoms with E-state index in [1.54, 1.807) is 0 Å². The molecule has 2 rings (SSSR count). The van der Waals surface area contributed by atoms with Gasteiger partial charge in [0.05, 0.1) is 18.4 Å². The average Bonchev–Trinajstić information content (AvgIpc) is 2.70. The van der Waals surface area contributed by atoms with Gasteiger partial charge in [0.2, 0.25) is 5.88 Å². The standard InChI is InChI=1S/C11H10F2N2O2/c1-16-5-6-2-7(10(13)9(12)3-6)8-4-15-17-11(8)14/h2-4H,5,14H2,1H3. The zero-order valence-corrected chi connectivity index (χ0v) is 9.04. The highest BCUT2D eigenvalue weighted by atomic mass is 19.2. The predicted molar refractivity (Wildman–Crippen MR) is 57.0 cm³/mol. The molecule has 6 heteroatoms. The summed E-state index contributed by atoms with van der Waals surface area (Å²) in [5.41, 5.74) is 6.20. The number of methoxy groups -OCH3 is 1. The second kappa shape index (κ2) is 4.50. The van der Waals surface area contributed by atoms with Crippen LogP contribution >= 0.6 is 0 Å². The van der Waals surface area contributed by atoms with Crippen LogP contribution < -0.4 is 5.73 Å². The van der Waals surface area contributed by atoms with E-state index in [0.29, 0.717) is 5.56 Å². The molecule has 0 fully saturated rings. The van der Waals surface area contributed by atoms with Gasteiger partial charge in [-0.25, -0.2) is 8.78 Å². The first-order valence-corrected chi connectivity index (χ1v) is 4.81. The minimum Gasteiger partial charge on any atom is -0.380 e. The van der Waals surface area contributed by atoms with Gasteiger partial charge >= 0.3 is 0 Å². The summed E-state index contributed by atoms with van der Waals surface area (Å²) in [6, 6.07) is 2.52. The highest BCUT2D eigenvalue weighted by Crippen LogP contribution is 2.30. The number of anilines is 1. The molecule has 0 spiro atoms. The Balaban J connectivity index is 2.56. The highest BCUT2D eigenvalue weighted by Gasteiger charge is 2.16. The monoisotopic (exact) mass is 240 g/mol. The molecule has 0 bridgehead atoms. The van der Waals surface area contributed by atoms with Crippen LogP contribution in [0.25, 0.3) is 11.1 Å². The zero-order valence-electron chi connectivity index (χ0n) is 9.04. The Labute approximate surface area is 96.0 Å². The van der Waals surface area contributed by atoms with Gasteiger partial charge in [-0.15, -0.1) is 0 Å². The number of nitrogens with two attached hydrogens (primary N) is 1. The van der Waals surface area contributed by atoms with Gasteiger partial charge in [0.15, 0.2) is 11.6 Å². The van der Waals surface area contributed by atoms with Crippen molar-refractivity contribution in [1.29, 1.82) is 0 Å². The van der Waals surface area contributed by atoms with Gasteiger partial charge in [0.1, 0.15) is 0 Å². The number of hydrogen-bond acceptors (Lipinski definition) is 4. The van der Waals surface area contributed by atoms with Crippen LogP contribution in [0, 0.1) is 11.6 Å². The van der Waals surface area contributed by atoms with E-state index in [0.717, 1.165) is 6.07 Å². The van der Waals surface area contributed by atoms with E-state index >= 15 is 0 Å². The molecule has 2 aromatic rings. The second-order valence-electron chi connectivity index (χ2n) is 3.48.